The van der Waals surface area contributed by atoms with E-state index in [1.54, 1.807) is 19.9 Å². The molecule has 198 valence electrons. The monoisotopic (exact) mass is 537 g/mol. The second kappa shape index (κ2) is 10.8. The predicted molar refractivity (Wildman–Crippen MR) is 140 cm³/mol. The molecule has 0 fully saturated rings. The Labute approximate surface area is 220 Å². The van der Waals surface area contributed by atoms with Crippen LogP contribution in [0, 0.1) is 12.9 Å². The number of halogens is 1. The Morgan fingerprint density at radius 2 is 1.68 bits per heavy atom. The molecule has 2 heterocycles. The van der Waals surface area contributed by atoms with Gasteiger partial charge in [0.1, 0.15) is 12.4 Å². The fraction of sp³-hybridized carbons (Fsp3) is 0.250. The summed E-state index contributed by atoms with van der Waals surface area (Å²) >= 11 is 0. The van der Waals surface area contributed by atoms with E-state index in [9.17, 15) is 22.7 Å². The van der Waals surface area contributed by atoms with E-state index in [2.05, 4.69) is 9.97 Å². The summed E-state index contributed by atoms with van der Waals surface area (Å²) in [4.78, 5) is 20.4. The number of pyridine rings is 1. The summed E-state index contributed by atoms with van der Waals surface area (Å²) in [6.07, 6.45) is 1.14. The number of aromatic nitrogens is 3. The van der Waals surface area contributed by atoms with Crippen molar-refractivity contribution < 1.29 is 22.7 Å². The Hall–Kier alpha value is -3.89. The lowest BCUT2D eigenvalue weighted by Gasteiger charge is -2.21. The number of hydrogen-bond acceptors (Lipinski definition) is 7. The van der Waals surface area contributed by atoms with Crippen LogP contribution in [0.4, 0.5) is 4.39 Å². The third-order valence-corrected chi connectivity index (χ3v) is 8.02. The second-order valence-electron chi connectivity index (χ2n) is 9.10. The van der Waals surface area contributed by atoms with Crippen molar-refractivity contribution in [2.75, 3.05) is 0 Å². The van der Waals surface area contributed by atoms with Crippen LogP contribution in [0.2, 0.25) is 0 Å². The highest BCUT2D eigenvalue weighted by Crippen LogP contribution is 2.30. The van der Waals surface area contributed by atoms with Crippen LogP contribution < -0.4 is 5.56 Å². The zero-order valence-electron chi connectivity index (χ0n) is 21.4. The first-order valence-corrected chi connectivity index (χ1v) is 13.5. The molecule has 38 heavy (non-hydrogen) atoms. The summed E-state index contributed by atoms with van der Waals surface area (Å²) in [6.45, 7) is 6.84. The third-order valence-electron chi connectivity index (χ3n) is 6.23. The molecule has 2 aromatic heterocycles. The van der Waals surface area contributed by atoms with Gasteiger partial charge in [0.05, 0.1) is 17.0 Å². The van der Waals surface area contributed by atoms with Gasteiger partial charge in [0.15, 0.2) is 4.90 Å². The lowest BCUT2D eigenvalue weighted by molar-refractivity contribution is 0.0575. The van der Waals surface area contributed by atoms with Gasteiger partial charge in [0.2, 0.25) is 21.7 Å². The second-order valence-corrected chi connectivity index (χ2v) is 11.0. The molecule has 0 spiro atoms. The highest BCUT2D eigenvalue weighted by atomic mass is 32.2. The molecule has 1 atom stereocenters. The Balaban J connectivity index is 1.84. The molecule has 4 rings (SSSR count). The minimum absolute atomic E-state index is 0.0991. The van der Waals surface area contributed by atoms with Crippen LogP contribution >= 0.6 is 0 Å². The van der Waals surface area contributed by atoms with Gasteiger partial charge >= 0.3 is 0 Å². The molecule has 0 aliphatic rings. The van der Waals surface area contributed by atoms with E-state index < -0.39 is 38.2 Å². The smallest absolute Gasteiger partial charge is 0.277 e. The van der Waals surface area contributed by atoms with Crippen LogP contribution in [-0.2, 0) is 21.2 Å². The predicted octanol–water partition coefficient (Wildman–Crippen LogP) is 4.83. The first-order chi connectivity index (χ1) is 18.0. The van der Waals surface area contributed by atoms with E-state index in [-0.39, 0.29) is 23.4 Å². The molecule has 10 heteroatoms. The van der Waals surface area contributed by atoms with Gasteiger partial charge in [-0.15, -0.1) is 0 Å². The topological polar surface area (TPSA) is 111 Å². The van der Waals surface area contributed by atoms with Gasteiger partial charge in [-0.3, -0.25) is 9.36 Å². The summed E-state index contributed by atoms with van der Waals surface area (Å²) in [5.41, 5.74) is 1.29. The Bertz CT molecular complexity index is 1620. The number of rotatable bonds is 8. The van der Waals surface area contributed by atoms with Crippen molar-refractivity contribution in [3.8, 4) is 17.0 Å². The Kier molecular flexibility index (Phi) is 7.75. The van der Waals surface area contributed by atoms with E-state index in [4.69, 9.17) is 4.74 Å². The molecule has 8 nitrogen and oxygen atoms in total. The maximum Gasteiger partial charge on any atom is 0.277 e. The summed E-state index contributed by atoms with van der Waals surface area (Å²) in [5, 5.41) is 10.7. The largest absolute Gasteiger partial charge is 0.492 e. The van der Waals surface area contributed by atoms with Crippen molar-refractivity contribution in [3.63, 3.8) is 0 Å². The van der Waals surface area contributed by atoms with Crippen LogP contribution in [-0.4, -0.2) is 34.2 Å². The molecule has 0 aliphatic carbocycles. The maximum absolute atomic E-state index is 13.9. The summed E-state index contributed by atoms with van der Waals surface area (Å²) in [6, 6.07) is 15.7. The molecule has 2 aromatic carbocycles. The van der Waals surface area contributed by atoms with Crippen molar-refractivity contribution in [3.05, 3.63) is 100 Å². The van der Waals surface area contributed by atoms with Crippen LogP contribution in [0.25, 0.3) is 11.1 Å². The molecule has 0 radical (unpaired) electrons. The summed E-state index contributed by atoms with van der Waals surface area (Å²) in [5.74, 6) is -1.42. The molecule has 0 saturated carbocycles. The molecule has 0 aliphatic heterocycles. The van der Waals surface area contributed by atoms with Gasteiger partial charge in [0, 0.05) is 11.8 Å². The van der Waals surface area contributed by atoms with E-state index in [1.807, 2.05) is 44.2 Å². The van der Waals surface area contributed by atoms with E-state index >= 15 is 0 Å². The molecule has 0 unspecified atom stereocenters. The maximum atomic E-state index is 13.9. The van der Waals surface area contributed by atoms with Crippen LogP contribution in [0.3, 0.4) is 0 Å². The molecule has 0 saturated heterocycles. The van der Waals surface area contributed by atoms with Crippen LogP contribution in [0.1, 0.15) is 43.8 Å². The summed E-state index contributed by atoms with van der Waals surface area (Å²) in [7, 11) is -4.48. The Morgan fingerprint density at radius 3 is 2.32 bits per heavy atom. The van der Waals surface area contributed by atoms with E-state index in [1.165, 1.54) is 35.0 Å². The fourth-order valence-electron chi connectivity index (χ4n) is 4.16. The number of benzene rings is 2. The SMILES string of the molecule is Cc1c(-c2ccc(S(=O)(=O)c3c(O)nc(COC(C)C)n([C@@H](C)c4ccccc4)c3=O)cc2)ccnc1F. The first kappa shape index (κ1) is 27.2. The molecule has 0 bridgehead atoms. The Morgan fingerprint density at radius 1 is 1.03 bits per heavy atom. The standard InChI is InChI=1S/C28H28FN3O5S/c1-17(2)37-16-24-31-27(33)25(28(34)32(24)19(4)20-8-6-5-7-9-20)38(35,36)22-12-10-21(11-13-22)23-14-15-30-26(29)18(23)3/h5-15,17,19,33H,16H2,1-4H3/t19-/m0/s1. The zero-order valence-corrected chi connectivity index (χ0v) is 22.2. The highest BCUT2D eigenvalue weighted by molar-refractivity contribution is 7.91. The van der Waals surface area contributed by atoms with Gasteiger partial charge in [-0.2, -0.15) is 9.37 Å². The fourth-order valence-corrected chi connectivity index (χ4v) is 5.51. The van der Waals surface area contributed by atoms with Gasteiger partial charge < -0.3 is 9.84 Å². The van der Waals surface area contributed by atoms with Crippen molar-refractivity contribution >= 4 is 9.84 Å². The van der Waals surface area contributed by atoms with Gasteiger partial charge in [-0.1, -0.05) is 42.5 Å². The van der Waals surface area contributed by atoms with Crippen molar-refractivity contribution in [2.24, 2.45) is 0 Å². The lowest BCUT2D eigenvalue weighted by Crippen LogP contribution is -2.33. The average molecular weight is 538 g/mol. The number of sulfone groups is 1. The van der Waals surface area contributed by atoms with Crippen molar-refractivity contribution in [1.82, 2.24) is 14.5 Å². The number of hydrogen-bond donors (Lipinski definition) is 1. The van der Waals surface area contributed by atoms with E-state index in [0.717, 1.165) is 5.56 Å². The molecule has 0 amide bonds. The van der Waals surface area contributed by atoms with Crippen molar-refractivity contribution in [2.45, 2.75) is 56.2 Å². The number of aromatic hydroxyl groups is 1. The normalized spacial score (nSPS) is 12.6. The molecule has 4 aromatic rings. The molecule has 1 N–H and O–H groups in total. The van der Waals surface area contributed by atoms with Gasteiger partial charge in [0.25, 0.3) is 5.56 Å². The number of nitrogens with zero attached hydrogens (tertiary/aromatic N) is 3. The molecular weight excluding hydrogens is 509 g/mol. The van der Waals surface area contributed by atoms with E-state index in [0.29, 0.717) is 16.7 Å². The number of ether oxygens (including phenoxy) is 1. The van der Waals surface area contributed by atoms with Gasteiger partial charge in [-0.25, -0.2) is 13.4 Å². The minimum Gasteiger partial charge on any atom is -0.492 e. The van der Waals surface area contributed by atoms with Crippen LogP contribution in [0.15, 0.2) is 81.4 Å². The minimum atomic E-state index is -4.48. The van der Waals surface area contributed by atoms with Crippen LogP contribution in [0.5, 0.6) is 5.88 Å². The average Bonchev–Trinajstić information content (AvgIpc) is 2.89. The highest BCUT2D eigenvalue weighted by Gasteiger charge is 2.31. The summed E-state index contributed by atoms with van der Waals surface area (Å²) < 4.78 is 48.0. The van der Waals surface area contributed by atoms with Crippen molar-refractivity contribution in [1.29, 1.82) is 0 Å². The third kappa shape index (κ3) is 5.23. The zero-order chi connectivity index (χ0) is 27.6. The first-order valence-electron chi connectivity index (χ1n) is 12.0. The van der Waals surface area contributed by atoms with Gasteiger partial charge in [-0.05, 0) is 62.6 Å². The molecular formula is C28H28FN3O5S. The lowest BCUT2D eigenvalue weighted by atomic mass is 10.0. The quantitative estimate of drug-likeness (QED) is 0.321.